The summed E-state index contributed by atoms with van der Waals surface area (Å²) in [6, 6.07) is 7.54. The molecule has 5 nitrogen and oxygen atoms in total. The number of hydrogen-bond donors (Lipinski definition) is 1. The Morgan fingerprint density at radius 3 is 2.87 bits per heavy atom. The fourth-order valence-corrected chi connectivity index (χ4v) is 3.92. The van der Waals surface area contributed by atoms with Crippen LogP contribution in [0, 0.1) is 0 Å². The summed E-state index contributed by atoms with van der Waals surface area (Å²) < 4.78 is 0. The Hall–Kier alpha value is -1.24. The topological polar surface area (TPSA) is 52.7 Å². The first kappa shape index (κ1) is 18.1. The lowest BCUT2D eigenvalue weighted by atomic mass is 10.2. The summed E-state index contributed by atoms with van der Waals surface area (Å²) >= 11 is 7.80. The van der Waals surface area contributed by atoms with Gasteiger partial charge in [0.2, 0.25) is 11.8 Å². The Labute approximate surface area is 146 Å². The van der Waals surface area contributed by atoms with E-state index in [1.165, 1.54) is 0 Å². The quantitative estimate of drug-likeness (QED) is 0.812. The highest BCUT2D eigenvalue weighted by atomic mass is 35.5. The second-order valence-corrected chi connectivity index (χ2v) is 7.15. The molecule has 2 rings (SSSR count). The molecule has 1 heterocycles. The van der Waals surface area contributed by atoms with Crippen molar-refractivity contribution < 1.29 is 9.59 Å². The van der Waals surface area contributed by atoms with Crippen molar-refractivity contribution in [1.29, 1.82) is 0 Å². The molecule has 0 radical (unpaired) electrons. The number of benzene rings is 1. The van der Waals surface area contributed by atoms with Crippen LogP contribution < -0.4 is 5.32 Å². The summed E-state index contributed by atoms with van der Waals surface area (Å²) in [5.74, 6) is 0.452. The van der Waals surface area contributed by atoms with Gasteiger partial charge in [-0.15, -0.1) is 11.8 Å². The monoisotopic (exact) mass is 355 g/mol. The standard InChI is InChI=1S/C16H22ClN3O2S/c1-19(2)10-8-18-14(21)7-9-20-15(22)11-23-16(20)12-5-3-4-6-13(12)17/h3-6,16H,7-11H2,1-2H3,(H,18,21). The number of thioether (sulfide) groups is 1. The van der Waals surface area contributed by atoms with Crippen LogP contribution in [0.15, 0.2) is 24.3 Å². The molecule has 0 spiro atoms. The van der Waals surface area contributed by atoms with Crippen molar-refractivity contribution in [2.75, 3.05) is 39.5 Å². The van der Waals surface area contributed by atoms with Gasteiger partial charge >= 0.3 is 0 Å². The fraction of sp³-hybridized carbons (Fsp3) is 0.500. The summed E-state index contributed by atoms with van der Waals surface area (Å²) in [5, 5.41) is 3.41. The van der Waals surface area contributed by atoms with Crippen molar-refractivity contribution in [3.63, 3.8) is 0 Å². The Bertz CT molecular complexity index is 568. The van der Waals surface area contributed by atoms with E-state index in [0.29, 0.717) is 30.3 Å². The maximum Gasteiger partial charge on any atom is 0.233 e. The molecule has 0 saturated carbocycles. The number of carbonyl (C=O) groups excluding carboxylic acids is 2. The minimum Gasteiger partial charge on any atom is -0.355 e. The van der Waals surface area contributed by atoms with Crippen LogP contribution >= 0.6 is 23.4 Å². The number of nitrogens with zero attached hydrogens (tertiary/aromatic N) is 2. The minimum atomic E-state index is -0.106. The number of halogens is 1. The molecule has 1 unspecified atom stereocenters. The zero-order valence-corrected chi connectivity index (χ0v) is 15.0. The summed E-state index contributed by atoms with van der Waals surface area (Å²) in [6.07, 6.45) is 0.306. The summed E-state index contributed by atoms with van der Waals surface area (Å²) in [4.78, 5) is 27.8. The lowest BCUT2D eigenvalue weighted by molar-refractivity contribution is -0.129. The molecular weight excluding hydrogens is 334 g/mol. The maximum atomic E-state index is 12.1. The molecule has 1 saturated heterocycles. The van der Waals surface area contributed by atoms with E-state index in [-0.39, 0.29) is 17.2 Å². The normalized spacial score (nSPS) is 17.8. The van der Waals surface area contributed by atoms with E-state index >= 15 is 0 Å². The Balaban J connectivity index is 1.91. The highest BCUT2D eigenvalue weighted by Crippen LogP contribution is 2.41. The molecule has 1 aromatic rings. The van der Waals surface area contributed by atoms with Crippen LogP contribution in [0.3, 0.4) is 0 Å². The molecule has 1 atom stereocenters. The van der Waals surface area contributed by atoms with Gasteiger partial charge in [-0.3, -0.25) is 9.59 Å². The lowest BCUT2D eigenvalue weighted by Gasteiger charge is -2.24. The molecule has 7 heteroatoms. The van der Waals surface area contributed by atoms with Gasteiger partial charge in [-0.05, 0) is 20.2 Å². The van der Waals surface area contributed by atoms with Crippen molar-refractivity contribution in [2.24, 2.45) is 0 Å². The van der Waals surface area contributed by atoms with E-state index in [4.69, 9.17) is 11.6 Å². The molecule has 1 aliphatic rings. The number of hydrogen-bond acceptors (Lipinski definition) is 4. The van der Waals surface area contributed by atoms with Crippen molar-refractivity contribution in [3.05, 3.63) is 34.9 Å². The molecule has 126 valence electrons. The Morgan fingerprint density at radius 2 is 2.17 bits per heavy atom. The predicted octanol–water partition coefficient (Wildman–Crippen LogP) is 1.98. The minimum absolute atomic E-state index is 0.0329. The first-order chi connectivity index (χ1) is 11.0. The molecular formula is C16H22ClN3O2S. The Kier molecular flexibility index (Phi) is 6.74. The van der Waals surface area contributed by atoms with Crippen LogP contribution in [-0.2, 0) is 9.59 Å². The SMILES string of the molecule is CN(C)CCNC(=O)CCN1C(=O)CSC1c1ccccc1Cl. The molecule has 1 N–H and O–H groups in total. The van der Waals surface area contributed by atoms with Gasteiger partial charge < -0.3 is 15.1 Å². The second kappa shape index (κ2) is 8.57. The van der Waals surface area contributed by atoms with Crippen LogP contribution in [-0.4, -0.2) is 61.1 Å². The predicted molar refractivity (Wildman–Crippen MR) is 94.5 cm³/mol. The largest absolute Gasteiger partial charge is 0.355 e. The van der Waals surface area contributed by atoms with E-state index < -0.39 is 0 Å². The Morgan fingerprint density at radius 1 is 1.43 bits per heavy atom. The number of rotatable bonds is 7. The zero-order valence-electron chi connectivity index (χ0n) is 13.4. The van der Waals surface area contributed by atoms with Crippen molar-refractivity contribution in [1.82, 2.24) is 15.1 Å². The van der Waals surface area contributed by atoms with Gasteiger partial charge in [-0.1, -0.05) is 29.8 Å². The molecule has 0 bridgehead atoms. The van der Waals surface area contributed by atoms with Gasteiger partial charge in [0.15, 0.2) is 0 Å². The van der Waals surface area contributed by atoms with Crippen LogP contribution in [0.5, 0.6) is 0 Å². The number of likely N-dealkylation sites (N-methyl/N-ethyl adjacent to an activating group) is 1. The van der Waals surface area contributed by atoms with Gasteiger partial charge in [0, 0.05) is 36.6 Å². The van der Waals surface area contributed by atoms with Gasteiger partial charge in [0.05, 0.1) is 5.75 Å². The first-order valence-electron chi connectivity index (χ1n) is 7.56. The average Bonchev–Trinajstić information content (AvgIpc) is 2.86. The van der Waals surface area contributed by atoms with Crippen molar-refractivity contribution in [3.8, 4) is 0 Å². The number of nitrogens with one attached hydrogen (secondary N) is 1. The lowest BCUT2D eigenvalue weighted by Crippen LogP contribution is -2.35. The third-order valence-corrected chi connectivity index (χ3v) is 5.18. The maximum absolute atomic E-state index is 12.1. The molecule has 0 aromatic heterocycles. The van der Waals surface area contributed by atoms with E-state index in [9.17, 15) is 9.59 Å². The van der Waals surface area contributed by atoms with E-state index in [2.05, 4.69) is 5.32 Å². The highest BCUT2D eigenvalue weighted by molar-refractivity contribution is 8.00. The van der Waals surface area contributed by atoms with Gasteiger partial charge in [-0.25, -0.2) is 0 Å². The molecule has 1 aliphatic heterocycles. The first-order valence-corrected chi connectivity index (χ1v) is 8.98. The summed E-state index contributed by atoms with van der Waals surface area (Å²) in [5.41, 5.74) is 0.929. The molecule has 23 heavy (non-hydrogen) atoms. The van der Waals surface area contributed by atoms with Gasteiger partial charge in [0.25, 0.3) is 0 Å². The van der Waals surface area contributed by atoms with Crippen molar-refractivity contribution in [2.45, 2.75) is 11.8 Å². The average molecular weight is 356 g/mol. The van der Waals surface area contributed by atoms with Crippen LogP contribution in [0.25, 0.3) is 0 Å². The number of amides is 2. The smallest absolute Gasteiger partial charge is 0.233 e. The van der Waals surface area contributed by atoms with Crippen molar-refractivity contribution >= 4 is 35.2 Å². The van der Waals surface area contributed by atoms with Crippen LogP contribution in [0.4, 0.5) is 0 Å². The highest BCUT2D eigenvalue weighted by Gasteiger charge is 2.33. The van der Waals surface area contributed by atoms with Crippen LogP contribution in [0.2, 0.25) is 5.02 Å². The van der Waals surface area contributed by atoms with Gasteiger partial charge in [-0.2, -0.15) is 0 Å². The molecule has 2 amide bonds. The summed E-state index contributed by atoms with van der Waals surface area (Å²) in [6.45, 7) is 1.82. The van der Waals surface area contributed by atoms with E-state index in [0.717, 1.165) is 12.1 Å². The van der Waals surface area contributed by atoms with Gasteiger partial charge in [0.1, 0.15) is 5.37 Å². The number of carbonyl (C=O) groups is 2. The molecule has 1 fully saturated rings. The second-order valence-electron chi connectivity index (χ2n) is 5.68. The fourth-order valence-electron chi connectivity index (χ4n) is 2.36. The zero-order chi connectivity index (χ0) is 16.8. The summed E-state index contributed by atoms with van der Waals surface area (Å²) in [7, 11) is 3.92. The molecule has 1 aromatic carbocycles. The van der Waals surface area contributed by atoms with Crippen LogP contribution in [0.1, 0.15) is 17.4 Å². The third kappa shape index (κ3) is 5.12. The van der Waals surface area contributed by atoms with E-state index in [1.807, 2.05) is 43.3 Å². The third-order valence-electron chi connectivity index (χ3n) is 3.60. The van der Waals surface area contributed by atoms with E-state index in [1.54, 1.807) is 16.7 Å². The molecule has 0 aliphatic carbocycles.